The summed E-state index contributed by atoms with van der Waals surface area (Å²) < 4.78 is 23.9. The second kappa shape index (κ2) is 8.16. The smallest absolute Gasteiger partial charge is 0.407 e. The number of nitrogens with one attached hydrogen (secondary N) is 1. The molecule has 1 fully saturated rings. The van der Waals surface area contributed by atoms with Crippen LogP contribution in [0.1, 0.15) is 46.1 Å². The van der Waals surface area contributed by atoms with Gasteiger partial charge in [-0.05, 0) is 64.7 Å². The van der Waals surface area contributed by atoms with Crippen molar-refractivity contribution in [2.24, 2.45) is 5.92 Å². The van der Waals surface area contributed by atoms with E-state index in [-0.39, 0.29) is 17.5 Å². The standard InChI is InChI=1S/C20H28FNO4/c1-19(2,3)26-18(24)22-11-5-10-20(4)17(23)15(13-25-20)12-14-6-8-16(21)9-7-14/h6-9,15H,5,10-13H2,1-4H3,(H,22,24)/t15-,20+/m1/s1. The van der Waals surface area contributed by atoms with Gasteiger partial charge in [-0.25, -0.2) is 9.18 Å². The fourth-order valence-electron chi connectivity index (χ4n) is 3.05. The molecule has 0 spiro atoms. The van der Waals surface area contributed by atoms with E-state index in [2.05, 4.69) is 5.32 Å². The van der Waals surface area contributed by atoms with Crippen LogP contribution >= 0.6 is 0 Å². The molecule has 1 N–H and O–H groups in total. The quantitative estimate of drug-likeness (QED) is 0.782. The van der Waals surface area contributed by atoms with Gasteiger partial charge in [-0.15, -0.1) is 0 Å². The lowest BCUT2D eigenvalue weighted by molar-refractivity contribution is -0.132. The zero-order valence-electron chi connectivity index (χ0n) is 15.9. The largest absolute Gasteiger partial charge is 0.444 e. The molecular weight excluding hydrogens is 337 g/mol. The van der Waals surface area contributed by atoms with Gasteiger partial charge in [0, 0.05) is 12.5 Å². The third kappa shape index (κ3) is 5.80. The molecule has 144 valence electrons. The van der Waals surface area contributed by atoms with E-state index in [1.54, 1.807) is 39.8 Å². The Kier molecular flexibility index (Phi) is 6.39. The molecule has 0 radical (unpaired) electrons. The summed E-state index contributed by atoms with van der Waals surface area (Å²) in [6.07, 6.45) is 1.23. The molecule has 1 aromatic carbocycles. The molecular formula is C20H28FNO4. The highest BCUT2D eigenvalue weighted by molar-refractivity contribution is 5.91. The Labute approximate surface area is 154 Å². The first kappa shape index (κ1) is 20.4. The highest BCUT2D eigenvalue weighted by Crippen LogP contribution is 2.32. The molecule has 0 aromatic heterocycles. The van der Waals surface area contributed by atoms with Crippen LogP contribution in [0.2, 0.25) is 0 Å². The molecule has 1 amide bonds. The number of ketones is 1. The zero-order chi connectivity index (χ0) is 19.4. The molecule has 1 aromatic rings. The molecule has 5 nitrogen and oxygen atoms in total. The van der Waals surface area contributed by atoms with Crippen molar-refractivity contribution in [3.05, 3.63) is 35.6 Å². The number of amides is 1. The van der Waals surface area contributed by atoms with Gasteiger partial charge in [0.05, 0.1) is 6.61 Å². The highest BCUT2D eigenvalue weighted by Gasteiger charge is 2.44. The van der Waals surface area contributed by atoms with Gasteiger partial charge in [0.25, 0.3) is 0 Å². The minimum atomic E-state index is -0.833. The Hall–Kier alpha value is -1.95. The molecule has 0 bridgehead atoms. The molecule has 1 aliphatic rings. The molecule has 0 saturated carbocycles. The van der Waals surface area contributed by atoms with Gasteiger partial charge in [-0.1, -0.05) is 12.1 Å². The van der Waals surface area contributed by atoms with E-state index in [0.29, 0.717) is 32.4 Å². The van der Waals surface area contributed by atoms with Crippen LogP contribution in [0.15, 0.2) is 24.3 Å². The van der Waals surface area contributed by atoms with E-state index in [1.165, 1.54) is 12.1 Å². The third-order valence-electron chi connectivity index (χ3n) is 4.39. The summed E-state index contributed by atoms with van der Waals surface area (Å²) in [4.78, 5) is 24.3. The first-order chi connectivity index (χ1) is 12.1. The number of ether oxygens (including phenoxy) is 2. The van der Waals surface area contributed by atoms with Crippen molar-refractivity contribution in [1.82, 2.24) is 5.32 Å². The number of Topliss-reactive ketones (excluding diaryl/α,β-unsaturated/α-hetero) is 1. The molecule has 1 saturated heterocycles. The SMILES string of the molecule is CC(C)(C)OC(=O)NCCC[C@]1(C)OC[C@@H](Cc2ccc(F)cc2)C1=O. The second-order valence-corrected chi connectivity index (χ2v) is 7.97. The van der Waals surface area contributed by atoms with E-state index in [1.807, 2.05) is 0 Å². The maximum atomic E-state index is 13.0. The monoisotopic (exact) mass is 365 g/mol. The van der Waals surface area contributed by atoms with Crippen molar-refractivity contribution in [2.75, 3.05) is 13.2 Å². The van der Waals surface area contributed by atoms with Gasteiger partial charge in [-0.3, -0.25) is 4.79 Å². The number of benzene rings is 1. The van der Waals surface area contributed by atoms with Gasteiger partial charge >= 0.3 is 6.09 Å². The number of rotatable bonds is 6. The van der Waals surface area contributed by atoms with Crippen molar-refractivity contribution in [3.8, 4) is 0 Å². The molecule has 1 heterocycles. The van der Waals surface area contributed by atoms with Gasteiger partial charge in [0.15, 0.2) is 5.78 Å². The van der Waals surface area contributed by atoms with Crippen LogP contribution in [0, 0.1) is 11.7 Å². The molecule has 6 heteroatoms. The summed E-state index contributed by atoms with van der Waals surface area (Å²) >= 11 is 0. The molecule has 2 atom stereocenters. The average molecular weight is 365 g/mol. The number of hydrogen-bond donors (Lipinski definition) is 1. The van der Waals surface area contributed by atoms with Crippen LogP contribution in [0.25, 0.3) is 0 Å². The van der Waals surface area contributed by atoms with Gasteiger partial charge < -0.3 is 14.8 Å². The first-order valence-corrected chi connectivity index (χ1v) is 8.99. The van der Waals surface area contributed by atoms with Crippen LogP contribution in [-0.2, 0) is 20.7 Å². The Morgan fingerprint density at radius 3 is 2.62 bits per heavy atom. The van der Waals surface area contributed by atoms with Crippen LogP contribution in [0.5, 0.6) is 0 Å². The van der Waals surface area contributed by atoms with E-state index in [9.17, 15) is 14.0 Å². The Morgan fingerprint density at radius 2 is 2.00 bits per heavy atom. The summed E-state index contributed by atoms with van der Waals surface area (Å²) in [5, 5.41) is 2.69. The zero-order valence-corrected chi connectivity index (χ0v) is 15.9. The van der Waals surface area contributed by atoms with Crippen molar-refractivity contribution in [3.63, 3.8) is 0 Å². The lowest BCUT2D eigenvalue weighted by Gasteiger charge is -2.22. The second-order valence-electron chi connectivity index (χ2n) is 7.97. The van der Waals surface area contributed by atoms with Crippen LogP contribution in [0.3, 0.4) is 0 Å². The first-order valence-electron chi connectivity index (χ1n) is 8.99. The van der Waals surface area contributed by atoms with Gasteiger partial charge in [-0.2, -0.15) is 0 Å². The number of alkyl carbamates (subject to hydrolysis) is 1. The Balaban J connectivity index is 1.78. The fraction of sp³-hybridized carbons (Fsp3) is 0.600. The van der Waals surface area contributed by atoms with Crippen molar-refractivity contribution < 1.29 is 23.5 Å². The van der Waals surface area contributed by atoms with Crippen molar-refractivity contribution in [2.45, 2.75) is 58.2 Å². The lowest BCUT2D eigenvalue weighted by atomic mass is 9.87. The predicted octanol–water partition coefficient (Wildman–Crippen LogP) is 3.65. The molecule has 0 unspecified atom stereocenters. The topological polar surface area (TPSA) is 64.6 Å². The van der Waals surface area contributed by atoms with Crippen LogP contribution < -0.4 is 5.32 Å². The van der Waals surface area contributed by atoms with Crippen molar-refractivity contribution in [1.29, 1.82) is 0 Å². The summed E-state index contributed by atoms with van der Waals surface area (Å²) in [5.74, 6) is -0.437. The van der Waals surface area contributed by atoms with Crippen LogP contribution in [-0.4, -0.2) is 36.2 Å². The maximum absolute atomic E-state index is 13.0. The van der Waals surface area contributed by atoms with E-state index in [4.69, 9.17) is 9.47 Å². The van der Waals surface area contributed by atoms with Crippen LogP contribution in [0.4, 0.5) is 9.18 Å². The van der Waals surface area contributed by atoms with Crippen molar-refractivity contribution >= 4 is 11.9 Å². The molecule has 26 heavy (non-hydrogen) atoms. The van der Waals surface area contributed by atoms with Gasteiger partial charge in [0.1, 0.15) is 17.0 Å². The summed E-state index contributed by atoms with van der Waals surface area (Å²) in [5.41, 5.74) is -0.446. The Bertz CT molecular complexity index is 638. The lowest BCUT2D eigenvalue weighted by Crippen LogP contribution is -2.37. The summed E-state index contributed by atoms with van der Waals surface area (Å²) in [6, 6.07) is 6.19. The number of halogens is 1. The maximum Gasteiger partial charge on any atom is 0.407 e. The highest BCUT2D eigenvalue weighted by atomic mass is 19.1. The summed E-state index contributed by atoms with van der Waals surface area (Å²) in [7, 11) is 0. The van der Waals surface area contributed by atoms with E-state index < -0.39 is 17.3 Å². The minimum absolute atomic E-state index is 0.0686. The fourth-order valence-corrected chi connectivity index (χ4v) is 3.05. The predicted molar refractivity (Wildman–Crippen MR) is 96.4 cm³/mol. The normalized spacial score (nSPS) is 23.1. The number of carbonyl (C=O) groups is 2. The van der Waals surface area contributed by atoms with Gasteiger partial charge in [0.2, 0.25) is 0 Å². The minimum Gasteiger partial charge on any atom is -0.444 e. The average Bonchev–Trinajstić information content (AvgIpc) is 2.81. The number of carbonyl (C=O) groups excluding carboxylic acids is 2. The molecule has 2 rings (SSSR count). The van der Waals surface area contributed by atoms with E-state index in [0.717, 1.165) is 5.56 Å². The van der Waals surface area contributed by atoms with E-state index >= 15 is 0 Å². The number of hydrogen-bond acceptors (Lipinski definition) is 4. The third-order valence-corrected chi connectivity index (χ3v) is 4.39. The Morgan fingerprint density at radius 1 is 1.35 bits per heavy atom. The molecule has 0 aliphatic carbocycles. The molecule has 1 aliphatic heterocycles. The summed E-state index contributed by atoms with van der Waals surface area (Å²) in [6.45, 7) is 8.00.